The minimum absolute atomic E-state index is 0.00808. The van der Waals surface area contributed by atoms with Gasteiger partial charge in [0.25, 0.3) is 5.91 Å². The molecule has 1 saturated heterocycles. The van der Waals surface area contributed by atoms with Crippen molar-refractivity contribution in [2.45, 2.75) is 43.0 Å². The van der Waals surface area contributed by atoms with Gasteiger partial charge in [0.15, 0.2) is 16.7 Å². The Balaban J connectivity index is 1.73. The maximum absolute atomic E-state index is 13.6. The summed E-state index contributed by atoms with van der Waals surface area (Å²) in [5.74, 6) is 1.35. The molecule has 0 aromatic heterocycles. The first-order chi connectivity index (χ1) is 17.2. The summed E-state index contributed by atoms with van der Waals surface area (Å²) in [6.45, 7) is 0. The van der Waals surface area contributed by atoms with Crippen LogP contribution in [-0.4, -0.2) is 51.8 Å². The molecule has 2 aliphatic rings. The number of hydrogen-bond donors (Lipinski definition) is 1. The Morgan fingerprint density at radius 1 is 1.00 bits per heavy atom. The number of ether oxygens (including phenoxy) is 3. The van der Waals surface area contributed by atoms with Crippen molar-refractivity contribution in [2.24, 2.45) is 10.1 Å². The Morgan fingerprint density at radius 2 is 1.61 bits per heavy atom. The van der Waals surface area contributed by atoms with Gasteiger partial charge < -0.3 is 14.2 Å². The summed E-state index contributed by atoms with van der Waals surface area (Å²) in [7, 11) is 0.821. The van der Waals surface area contributed by atoms with Crippen LogP contribution in [0.5, 0.6) is 17.2 Å². The minimum atomic E-state index is -3.80. The monoisotopic (exact) mass is 531 g/mol. The highest BCUT2D eigenvalue weighted by Crippen LogP contribution is 2.42. The zero-order valence-electron chi connectivity index (χ0n) is 20.4. The molecule has 0 unspecified atom stereocenters. The third-order valence-corrected chi connectivity index (χ3v) is 8.06. The molecule has 2 N–H and O–H groups in total. The molecule has 2 aromatic carbocycles. The van der Waals surface area contributed by atoms with Crippen molar-refractivity contribution in [2.75, 3.05) is 21.3 Å². The number of primary sulfonamides is 1. The van der Waals surface area contributed by atoms with E-state index in [1.807, 2.05) is 0 Å². The highest BCUT2D eigenvalue weighted by molar-refractivity contribution is 8.18. The van der Waals surface area contributed by atoms with Crippen LogP contribution in [0.4, 0.5) is 5.69 Å². The highest BCUT2D eigenvalue weighted by atomic mass is 32.2. The molecule has 4 rings (SSSR count). The smallest absolute Gasteiger partial charge is 0.267 e. The van der Waals surface area contributed by atoms with E-state index in [0.29, 0.717) is 33.0 Å². The number of nitrogens with two attached hydrogens (primary N) is 1. The quantitative estimate of drug-likeness (QED) is 0.529. The number of amidine groups is 1. The molecule has 0 atom stereocenters. The molecule has 1 aliphatic heterocycles. The van der Waals surface area contributed by atoms with Gasteiger partial charge in [-0.3, -0.25) is 9.69 Å². The predicted molar refractivity (Wildman–Crippen MR) is 140 cm³/mol. The molecule has 1 heterocycles. The molecule has 1 amide bonds. The van der Waals surface area contributed by atoms with E-state index in [1.165, 1.54) is 31.0 Å². The zero-order valence-corrected chi connectivity index (χ0v) is 22.0. The van der Waals surface area contributed by atoms with Gasteiger partial charge in [0.1, 0.15) is 0 Å². The third-order valence-electron chi connectivity index (χ3n) is 6.15. The van der Waals surface area contributed by atoms with Crippen LogP contribution < -0.4 is 19.3 Å². The lowest BCUT2D eigenvalue weighted by atomic mass is 9.94. The number of hydrogen-bond acceptors (Lipinski definition) is 8. The van der Waals surface area contributed by atoms with E-state index in [2.05, 4.69) is 0 Å². The van der Waals surface area contributed by atoms with E-state index in [0.717, 1.165) is 37.7 Å². The van der Waals surface area contributed by atoms with Crippen molar-refractivity contribution in [1.82, 2.24) is 4.90 Å². The van der Waals surface area contributed by atoms with Crippen LogP contribution in [0.1, 0.15) is 37.7 Å². The molecule has 1 saturated carbocycles. The Hall–Kier alpha value is -3.02. The number of sulfonamides is 1. The van der Waals surface area contributed by atoms with Gasteiger partial charge in [-0.05, 0) is 72.6 Å². The molecule has 0 spiro atoms. The largest absolute Gasteiger partial charge is 0.493 e. The standard InChI is InChI=1S/C25H29N3O6S2/c1-32-20-13-16(14-21(33-2)23(20)34-3)15-22-24(29)28(18-7-5-4-6-8-18)25(35-22)27-17-9-11-19(12-10-17)36(26,30)31/h9-15,18H,4-8H2,1-3H3,(H2,26,30,31)/b22-15?,27-25-. The van der Waals surface area contributed by atoms with Crippen LogP contribution in [0.2, 0.25) is 0 Å². The van der Waals surface area contributed by atoms with Crippen LogP contribution >= 0.6 is 11.8 Å². The van der Waals surface area contributed by atoms with Crippen molar-refractivity contribution in [3.05, 3.63) is 46.9 Å². The van der Waals surface area contributed by atoms with Gasteiger partial charge in [0.2, 0.25) is 15.8 Å². The maximum atomic E-state index is 13.6. The van der Waals surface area contributed by atoms with Crippen LogP contribution in [0.15, 0.2) is 51.2 Å². The molecule has 0 radical (unpaired) electrons. The summed E-state index contributed by atoms with van der Waals surface area (Å²) in [6, 6.07) is 9.62. The van der Waals surface area contributed by atoms with Crippen LogP contribution in [0.25, 0.3) is 6.08 Å². The Kier molecular flexibility index (Phi) is 7.91. The number of carbonyl (C=O) groups is 1. The van der Waals surface area contributed by atoms with Crippen molar-refractivity contribution in [3.63, 3.8) is 0 Å². The summed E-state index contributed by atoms with van der Waals surface area (Å²) in [5, 5.41) is 5.77. The fourth-order valence-electron chi connectivity index (χ4n) is 4.38. The summed E-state index contributed by atoms with van der Waals surface area (Å²) >= 11 is 1.29. The molecule has 2 fully saturated rings. The highest BCUT2D eigenvalue weighted by Gasteiger charge is 2.38. The second-order valence-corrected chi connectivity index (χ2v) is 11.0. The van der Waals surface area contributed by atoms with Crippen LogP contribution in [0.3, 0.4) is 0 Å². The number of amides is 1. The van der Waals surface area contributed by atoms with Gasteiger partial charge in [0, 0.05) is 6.04 Å². The normalized spacial score (nSPS) is 19.2. The summed E-state index contributed by atoms with van der Waals surface area (Å²) < 4.78 is 39.5. The number of benzene rings is 2. The second-order valence-electron chi connectivity index (χ2n) is 8.47. The average Bonchev–Trinajstić information content (AvgIpc) is 3.17. The van der Waals surface area contributed by atoms with Crippen molar-refractivity contribution >= 4 is 44.6 Å². The second kappa shape index (κ2) is 10.9. The third kappa shape index (κ3) is 5.53. The summed E-state index contributed by atoms with van der Waals surface area (Å²) in [6.07, 6.45) is 6.88. The first-order valence-corrected chi connectivity index (χ1v) is 13.9. The fraction of sp³-hybridized carbons (Fsp3) is 0.360. The molecule has 192 valence electrons. The first kappa shape index (κ1) is 26.1. The molecular formula is C25H29N3O6S2. The Bertz CT molecular complexity index is 1270. The summed E-state index contributed by atoms with van der Waals surface area (Å²) in [4.78, 5) is 20.6. The molecule has 9 nitrogen and oxygen atoms in total. The van der Waals surface area contributed by atoms with Gasteiger partial charge in [0.05, 0.1) is 36.8 Å². The van der Waals surface area contributed by atoms with Crippen molar-refractivity contribution in [1.29, 1.82) is 0 Å². The number of nitrogens with zero attached hydrogens (tertiary/aromatic N) is 2. The van der Waals surface area contributed by atoms with Gasteiger partial charge >= 0.3 is 0 Å². The van der Waals surface area contributed by atoms with Crippen LogP contribution in [0, 0.1) is 0 Å². The van der Waals surface area contributed by atoms with E-state index in [9.17, 15) is 13.2 Å². The molecule has 0 bridgehead atoms. The van der Waals surface area contributed by atoms with Gasteiger partial charge in [-0.2, -0.15) is 0 Å². The van der Waals surface area contributed by atoms with E-state index >= 15 is 0 Å². The number of thioether (sulfide) groups is 1. The number of aliphatic imine (C=N–C) groups is 1. The van der Waals surface area contributed by atoms with Gasteiger partial charge in [-0.25, -0.2) is 18.5 Å². The lowest BCUT2D eigenvalue weighted by Crippen LogP contribution is -2.40. The maximum Gasteiger partial charge on any atom is 0.267 e. The Labute approximate surface area is 215 Å². The molecule has 11 heteroatoms. The van der Waals surface area contributed by atoms with Crippen LogP contribution in [-0.2, 0) is 14.8 Å². The summed E-state index contributed by atoms with van der Waals surface area (Å²) in [5.41, 5.74) is 1.26. The zero-order chi connectivity index (χ0) is 25.9. The molecule has 36 heavy (non-hydrogen) atoms. The Morgan fingerprint density at radius 3 is 2.14 bits per heavy atom. The van der Waals surface area contributed by atoms with Gasteiger partial charge in [-0.1, -0.05) is 19.3 Å². The van der Waals surface area contributed by atoms with Crippen molar-refractivity contribution in [3.8, 4) is 17.2 Å². The number of methoxy groups -OCH3 is 3. The predicted octanol–water partition coefficient (Wildman–Crippen LogP) is 4.30. The van der Waals surface area contributed by atoms with Gasteiger partial charge in [-0.15, -0.1) is 0 Å². The lowest BCUT2D eigenvalue weighted by Gasteiger charge is -2.30. The minimum Gasteiger partial charge on any atom is -0.493 e. The van der Waals surface area contributed by atoms with Crippen molar-refractivity contribution < 1.29 is 27.4 Å². The van der Waals surface area contributed by atoms with E-state index < -0.39 is 10.0 Å². The molecule has 1 aliphatic carbocycles. The first-order valence-electron chi connectivity index (χ1n) is 11.5. The van der Waals surface area contributed by atoms with E-state index in [4.69, 9.17) is 24.3 Å². The SMILES string of the molecule is COc1cc(C=C2S/C(=N\c3ccc(S(N)(=O)=O)cc3)N(C3CCCCC3)C2=O)cc(OC)c1OC. The topological polar surface area (TPSA) is 121 Å². The lowest BCUT2D eigenvalue weighted by molar-refractivity contribution is -0.124. The molecule has 2 aromatic rings. The fourth-order valence-corrected chi connectivity index (χ4v) is 5.96. The average molecular weight is 532 g/mol. The number of carbonyl (C=O) groups excluding carboxylic acids is 1. The number of rotatable bonds is 7. The van der Waals surface area contributed by atoms with E-state index in [1.54, 1.807) is 49.5 Å². The molecular weight excluding hydrogens is 502 g/mol. The van der Waals surface area contributed by atoms with E-state index in [-0.39, 0.29) is 16.8 Å².